The Hall–Kier alpha value is 0.860. The Morgan fingerprint density at radius 2 is 0.538 bits per heavy atom. The zero-order valence-corrected chi connectivity index (χ0v) is 19.5. The summed E-state index contributed by atoms with van der Waals surface area (Å²) in [4.78, 5) is 0. The van der Waals surface area contributed by atoms with Gasteiger partial charge in [-0.25, -0.2) is 0 Å². The molecular weight excluding hydrogens is 350 g/mol. The van der Waals surface area contributed by atoms with Crippen LogP contribution < -0.4 is 0 Å². The molecule has 0 aromatic carbocycles. The van der Waals surface area contributed by atoms with Gasteiger partial charge in [0.2, 0.25) is 0 Å². The fourth-order valence-electron chi connectivity index (χ4n) is 8.50. The van der Waals surface area contributed by atoms with Gasteiger partial charge in [0.25, 0.3) is 0 Å². The Labute approximate surface area is 166 Å². The van der Waals surface area contributed by atoms with Crippen LogP contribution in [0.15, 0.2) is 0 Å². The van der Waals surface area contributed by atoms with Crippen LogP contribution in [0.25, 0.3) is 0 Å². The number of hydrogen-bond acceptors (Lipinski definition) is 0. The Morgan fingerprint density at radius 1 is 0.346 bits per heavy atom. The molecule has 152 valence electrons. The maximum absolute atomic E-state index is 3.98. The maximum atomic E-state index is 3.98. The van der Waals surface area contributed by atoms with Crippen LogP contribution in [0.3, 0.4) is 0 Å². The molecule has 4 aliphatic carbocycles. The quantitative estimate of drug-likeness (QED) is 0.417. The predicted molar refractivity (Wildman–Crippen MR) is 124 cm³/mol. The Bertz CT molecular complexity index is 352. The fraction of sp³-hybridized carbons (Fsp3) is 1.00. The van der Waals surface area contributed by atoms with Gasteiger partial charge in [-0.15, -0.1) is 0 Å². The predicted octanol–water partition coefficient (Wildman–Crippen LogP) is 8.66. The summed E-state index contributed by atoms with van der Waals surface area (Å²) >= 11 is 0. The monoisotopic (exact) mass is 396 g/mol. The van der Waals surface area contributed by atoms with Crippen molar-refractivity contribution in [1.82, 2.24) is 0 Å². The van der Waals surface area contributed by atoms with Crippen molar-refractivity contribution in [1.29, 1.82) is 0 Å². The topological polar surface area (TPSA) is 0 Å². The van der Waals surface area contributed by atoms with Crippen LogP contribution in [-0.4, -0.2) is 22.6 Å². The third kappa shape index (κ3) is 3.36. The van der Waals surface area contributed by atoms with Gasteiger partial charge in [0, 0.05) is 0 Å². The van der Waals surface area contributed by atoms with Gasteiger partial charge in [0.15, 0.2) is 0 Å². The Balaban J connectivity index is 1.79. The molecule has 0 aliphatic heterocycles. The van der Waals surface area contributed by atoms with Gasteiger partial charge < -0.3 is 0 Å². The molecule has 0 radical (unpaired) electrons. The van der Waals surface area contributed by atoms with Gasteiger partial charge in [0.1, 0.15) is 0 Å². The zero-order chi connectivity index (χ0) is 17.9. The van der Waals surface area contributed by atoms with Crippen LogP contribution in [0.4, 0.5) is 0 Å². The third-order valence-electron chi connectivity index (χ3n) is 9.67. The molecule has 0 nitrogen and oxygen atoms in total. The molecule has 2 heteroatoms. The molecule has 4 fully saturated rings. The molecule has 4 aliphatic rings. The number of rotatable bonds is 4. The van der Waals surface area contributed by atoms with Crippen molar-refractivity contribution < 1.29 is 0 Å². The van der Waals surface area contributed by atoms with Crippen molar-refractivity contribution in [3.8, 4) is 0 Å². The molecule has 4 saturated carbocycles. The van der Waals surface area contributed by atoms with Gasteiger partial charge in [0.05, 0.1) is 0 Å². The summed E-state index contributed by atoms with van der Waals surface area (Å²) in [6.45, 7) is 0. The summed E-state index contributed by atoms with van der Waals surface area (Å²) in [5.41, 5.74) is 4.59. The van der Waals surface area contributed by atoms with E-state index < -0.39 is 6.29 Å². The SMILES string of the molecule is PP(C1CCCCC1)(C1CCCCC1)(C1CCCCC1)C1CCCCC1. The molecule has 1 unspecified atom stereocenters. The Kier molecular flexibility index (Phi) is 6.74. The molecule has 0 saturated heterocycles. The zero-order valence-electron chi connectivity index (χ0n) is 17.5. The molecule has 0 bridgehead atoms. The van der Waals surface area contributed by atoms with E-state index in [0.717, 1.165) is 22.6 Å². The van der Waals surface area contributed by atoms with Gasteiger partial charge >= 0.3 is 166 Å². The summed E-state index contributed by atoms with van der Waals surface area (Å²) in [7, 11) is 3.98. The van der Waals surface area contributed by atoms with Gasteiger partial charge in [-0.1, -0.05) is 0 Å². The van der Waals surface area contributed by atoms with Crippen molar-refractivity contribution in [2.45, 2.75) is 151 Å². The molecule has 0 aromatic heterocycles. The first-order chi connectivity index (χ1) is 12.7. The molecule has 4 rings (SSSR count). The molecule has 26 heavy (non-hydrogen) atoms. The summed E-state index contributed by atoms with van der Waals surface area (Å²) in [5.74, 6) is 0. The van der Waals surface area contributed by atoms with Gasteiger partial charge in [-0.05, 0) is 0 Å². The van der Waals surface area contributed by atoms with E-state index in [2.05, 4.69) is 8.93 Å². The van der Waals surface area contributed by atoms with E-state index in [1.807, 2.05) is 0 Å². The average molecular weight is 397 g/mol. The number of hydrogen-bond donors (Lipinski definition) is 0. The third-order valence-corrected chi connectivity index (χ3v) is 23.5. The second-order valence-corrected chi connectivity index (χ2v) is 20.1. The van der Waals surface area contributed by atoms with Crippen LogP contribution in [0.2, 0.25) is 0 Å². The molecule has 0 N–H and O–H groups in total. The molecule has 0 spiro atoms. The first kappa shape index (κ1) is 20.1. The second kappa shape index (κ2) is 8.70. The molecule has 0 aromatic rings. The minimum absolute atomic E-state index is 1.15. The minimum atomic E-state index is -1.79. The molecule has 1 atom stereocenters. The second-order valence-electron chi connectivity index (χ2n) is 10.7. The van der Waals surface area contributed by atoms with Gasteiger partial charge in [-0.3, -0.25) is 0 Å². The van der Waals surface area contributed by atoms with Crippen LogP contribution >= 0.6 is 15.2 Å². The van der Waals surface area contributed by atoms with Crippen LogP contribution in [0.1, 0.15) is 128 Å². The van der Waals surface area contributed by atoms with Gasteiger partial charge in [-0.2, -0.15) is 0 Å². The Morgan fingerprint density at radius 3 is 0.731 bits per heavy atom. The van der Waals surface area contributed by atoms with Crippen molar-refractivity contribution >= 4 is 15.2 Å². The van der Waals surface area contributed by atoms with Crippen molar-refractivity contribution in [2.75, 3.05) is 0 Å². The first-order valence-electron chi connectivity index (χ1n) is 12.6. The summed E-state index contributed by atoms with van der Waals surface area (Å²) in [5, 5.41) is 0. The molecule has 0 amide bonds. The van der Waals surface area contributed by atoms with E-state index in [4.69, 9.17) is 0 Å². The van der Waals surface area contributed by atoms with E-state index in [-0.39, 0.29) is 0 Å². The summed E-state index contributed by atoms with van der Waals surface area (Å²) in [6, 6.07) is 0. The normalized spacial score (nSPS) is 30.7. The van der Waals surface area contributed by atoms with E-state index in [1.165, 1.54) is 25.7 Å². The molecule has 0 heterocycles. The van der Waals surface area contributed by atoms with E-state index in [0.29, 0.717) is 0 Å². The van der Waals surface area contributed by atoms with E-state index in [1.54, 1.807) is 103 Å². The average Bonchev–Trinajstić information content (AvgIpc) is 2.76. The van der Waals surface area contributed by atoms with Crippen LogP contribution in [0, 0.1) is 0 Å². The summed E-state index contributed by atoms with van der Waals surface area (Å²) < 4.78 is 0. The van der Waals surface area contributed by atoms with Crippen molar-refractivity contribution in [3.05, 3.63) is 0 Å². The van der Waals surface area contributed by atoms with Crippen LogP contribution in [0.5, 0.6) is 0 Å². The van der Waals surface area contributed by atoms with Crippen molar-refractivity contribution in [2.24, 2.45) is 0 Å². The standard InChI is InChI=1S/C24H46P2/c25-26(21-13-5-1-6-14-21,22-15-7-2-8-16-22,23-17-9-3-10-18-23)24-19-11-4-12-20-24/h21-24H,1-20,25H2. The fourth-order valence-corrected chi connectivity index (χ4v) is 21.9. The summed E-state index contributed by atoms with van der Waals surface area (Å²) in [6.07, 6.45) is 29.7. The van der Waals surface area contributed by atoms with E-state index in [9.17, 15) is 0 Å². The van der Waals surface area contributed by atoms with Crippen molar-refractivity contribution in [3.63, 3.8) is 0 Å². The molecular formula is C24H46P2. The van der Waals surface area contributed by atoms with E-state index >= 15 is 0 Å². The van der Waals surface area contributed by atoms with Crippen LogP contribution in [-0.2, 0) is 0 Å². The first-order valence-corrected chi connectivity index (χ1v) is 16.7.